The van der Waals surface area contributed by atoms with Crippen LogP contribution in [-0.2, 0) is 6.54 Å². The summed E-state index contributed by atoms with van der Waals surface area (Å²) in [5, 5.41) is 15.6. The zero-order chi connectivity index (χ0) is 26.5. The van der Waals surface area contributed by atoms with Crippen molar-refractivity contribution in [1.82, 2.24) is 14.5 Å². The highest BCUT2D eigenvalue weighted by molar-refractivity contribution is 6.03. The van der Waals surface area contributed by atoms with Crippen LogP contribution in [0, 0.1) is 17.0 Å². The average Bonchev–Trinajstić information content (AvgIpc) is 2.94. The van der Waals surface area contributed by atoms with E-state index < -0.39 is 5.91 Å². The average molecular weight is 510 g/mol. The van der Waals surface area contributed by atoms with Gasteiger partial charge in [-0.2, -0.15) is 0 Å². The van der Waals surface area contributed by atoms with E-state index in [9.17, 15) is 14.9 Å². The Kier molecular flexibility index (Phi) is 7.62. The Morgan fingerprint density at radius 3 is 2.32 bits per heavy atom. The summed E-state index contributed by atoms with van der Waals surface area (Å²) in [7, 11) is 0. The fraction of sp³-hybridized carbons (Fsp3) is 0.233. The van der Waals surface area contributed by atoms with Gasteiger partial charge in [0.1, 0.15) is 5.52 Å². The Balaban J connectivity index is 1.27. The van der Waals surface area contributed by atoms with Gasteiger partial charge in [-0.1, -0.05) is 66.7 Å². The molecule has 4 aromatic rings. The monoisotopic (exact) mass is 509 g/mol. The number of aromatic nitrogens is 2. The number of para-hydroxylation sites is 1. The lowest BCUT2D eigenvalue weighted by Crippen LogP contribution is -2.45. The number of fused-ring (bicyclic) bond motifs is 1. The van der Waals surface area contributed by atoms with Crippen molar-refractivity contribution in [2.24, 2.45) is 0 Å². The van der Waals surface area contributed by atoms with E-state index in [0.717, 1.165) is 38.3 Å². The van der Waals surface area contributed by atoms with Crippen LogP contribution in [0.15, 0.2) is 84.9 Å². The van der Waals surface area contributed by atoms with Gasteiger partial charge in [-0.05, 0) is 36.2 Å². The number of rotatable bonds is 7. The summed E-state index contributed by atoms with van der Waals surface area (Å²) in [4.78, 5) is 31.0. The first-order valence-electron chi connectivity index (χ1n) is 12.8. The molecule has 0 radical (unpaired) electrons. The summed E-state index contributed by atoms with van der Waals surface area (Å²) in [5.41, 5.74) is 2.97. The summed E-state index contributed by atoms with van der Waals surface area (Å²) in [6, 6.07) is 24.4. The van der Waals surface area contributed by atoms with E-state index in [1.807, 2.05) is 30.3 Å². The molecule has 0 spiro atoms. The molecular formula is C30H31N5O3. The number of anilines is 1. The topological polar surface area (TPSA) is 86.5 Å². The van der Waals surface area contributed by atoms with Crippen molar-refractivity contribution in [3.8, 4) is 0 Å². The fourth-order valence-electron chi connectivity index (χ4n) is 4.80. The van der Waals surface area contributed by atoms with Gasteiger partial charge in [-0.25, -0.2) is 0 Å². The van der Waals surface area contributed by atoms with Crippen molar-refractivity contribution >= 4 is 28.7 Å². The maximum atomic E-state index is 13.3. The van der Waals surface area contributed by atoms with Crippen molar-refractivity contribution in [3.05, 3.63) is 118 Å². The molecule has 1 N–H and O–H groups in total. The second-order valence-electron chi connectivity index (χ2n) is 9.56. The number of hydrogen-bond donors (Lipinski definition) is 1. The molecule has 8 heteroatoms. The predicted octanol–water partition coefficient (Wildman–Crippen LogP) is 4.29. The molecule has 5 rings (SSSR count). The van der Waals surface area contributed by atoms with Crippen LogP contribution in [0.1, 0.15) is 27.3 Å². The minimum atomic E-state index is -0.613. The minimum Gasteiger partial charge on any atom is -0.805 e. The smallest absolute Gasteiger partial charge is 0.346 e. The van der Waals surface area contributed by atoms with Gasteiger partial charge < -0.3 is 15.3 Å². The third-order valence-electron chi connectivity index (χ3n) is 6.92. The number of benzene rings is 3. The van der Waals surface area contributed by atoms with E-state index >= 15 is 0 Å². The van der Waals surface area contributed by atoms with Crippen molar-refractivity contribution in [1.29, 1.82) is 0 Å². The van der Waals surface area contributed by atoms with Crippen LogP contribution >= 0.6 is 0 Å². The van der Waals surface area contributed by atoms with Crippen LogP contribution in [-0.4, -0.2) is 53.2 Å². The standard InChI is InChI=1S/C30H31N5O3/c1-23-29(30(36)31-26-12-6-3-7-13-26)35(38)28-21-25(14-15-27(28)34(23)37)22-33-19-17-32(18-20-33)16-8-11-24-9-4-2-5-10-24/h2-15,21H,16-20,22H2,1H3,(H,31,36)/b11-8+. The first-order valence-corrected chi connectivity index (χ1v) is 12.8. The molecule has 1 fully saturated rings. The molecule has 0 atom stereocenters. The molecule has 3 aromatic carbocycles. The van der Waals surface area contributed by atoms with Crippen molar-refractivity contribution in [2.45, 2.75) is 13.5 Å². The van der Waals surface area contributed by atoms with E-state index in [0.29, 0.717) is 21.4 Å². The molecule has 1 saturated heterocycles. The van der Waals surface area contributed by atoms with Crippen LogP contribution in [0.4, 0.5) is 5.69 Å². The Morgan fingerprint density at radius 1 is 0.947 bits per heavy atom. The molecule has 194 valence electrons. The zero-order valence-electron chi connectivity index (χ0n) is 21.4. The number of nitrogens with zero attached hydrogens (tertiary/aromatic N) is 4. The largest absolute Gasteiger partial charge is 0.805 e. The Labute approximate surface area is 221 Å². The van der Waals surface area contributed by atoms with Gasteiger partial charge in [0.25, 0.3) is 5.52 Å². The molecule has 1 aliphatic rings. The lowest BCUT2D eigenvalue weighted by Gasteiger charge is -2.34. The van der Waals surface area contributed by atoms with E-state index in [2.05, 4.69) is 39.4 Å². The predicted molar refractivity (Wildman–Crippen MR) is 150 cm³/mol. The number of hydrogen-bond acceptors (Lipinski definition) is 5. The lowest BCUT2D eigenvalue weighted by molar-refractivity contribution is -0.468. The highest BCUT2D eigenvalue weighted by Gasteiger charge is 2.27. The van der Waals surface area contributed by atoms with E-state index in [1.165, 1.54) is 12.5 Å². The zero-order valence-corrected chi connectivity index (χ0v) is 21.4. The maximum Gasteiger partial charge on any atom is 0.346 e. The first-order chi connectivity index (χ1) is 18.5. The SMILES string of the molecule is Cc1c(C(=O)Nc2ccccc2)[n+](=O)c2cc(CN3CCN(C/C=C/c4ccccc4)CC3)ccc2n1[O-]. The van der Waals surface area contributed by atoms with Gasteiger partial charge in [0.15, 0.2) is 0 Å². The van der Waals surface area contributed by atoms with Gasteiger partial charge in [0.2, 0.25) is 0 Å². The minimum absolute atomic E-state index is 0.0612. The molecule has 8 nitrogen and oxygen atoms in total. The van der Waals surface area contributed by atoms with Crippen LogP contribution in [0.3, 0.4) is 0 Å². The number of piperazine rings is 1. The molecule has 1 amide bonds. The molecule has 2 heterocycles. The second-order valence-corrected chi connectivity index (χ2v) is 9.56. The number of amides is 1. The van der Waals surface area contributed by atoms with E-state index in [1.54, 1.807) is 36.4 Å². The van der Waals surface area contributed by atoms with Crippen molar-refractivity contribution < 1.29 is 9.22 Å². The highest BCUT2D eigenvalue weighted by atomic mass is 16.5. The summed E-state index contributed by atoms with van der Waals surface area (Å²) in [6.07, 6.45) is 4.35. The van der Waals surface area contributed by atoms with Crippen LogP contribution in [0.25, 0.3) is 17.1 Å². The van der Waals surface area contributed by atoms with E-state index in [4.69, 9.17) is 0 Å². The number of carbonyl (C=O) groups is 1. The molecule has 0 aliphatic carbocycles. The molecule has 0 bridgehead atoms. The molecule has 0 saturated carbocycles. The Hall–Kier alpha value is -4.27. The summed E-state index contributed by atoms with van der Waals surface area (Å²) in [5.74, 6) is -0.613. The van der Waals surface area contributed by atoms with Gasteiger partial charge in [0.05, 0.1) is 10.1 Å². The number of carbonyl (C=O) groups excluding carboxylic acids is 1. The molecule has 1 aliphatic heterocycles. The van der Waals surface area contributed by atoms with Crippen LogP contribution < -0.4 is 9.74 Å². The van der Waals surface area contributed by atoms with E-state index in [-0.39, 0.29) is 22.4 Å². The fourth-order valence-corrected chi connectivity index (χ4v) is 4.80. The highest BCUT2D eigenvalue weighted by Crippen LogP contribution is 2.19. The normalized spacial score (nSPS) is 14.8. The van der Waals surface area contributed by atoms with Gasteiger partial charge in [-0.3, -0.25) is 14.6 Å². The lowest BCUT2D eigenvalue weighted by atomic mass is 10.1. The quantitative estimate of drug-likeness (QED) is 0.376. The maximum absolute atomic E-state index is 13.3. The van der Waals surface area contributed by atoms with Crippen LogP contribution in [0.5, 0.6) is 0 Å². The van der Waals surface area contributed by atoms with Crippen molar-refractivity contribution in [3.63, 3.8) is 0 Å². The molecular weight excluding hydrogens is 478 g/mol. The summed E-state index contributed by atoms with van der Waals surface area (Å²) in [6.45, 7) is 6.80. The summed E-state index contributed by atoms with van der Waals surface area (Å²) < 4.78 is 1.24. The summed E-state index contributed by atoms with van der Waals surface area (Å²) >= 11 is 0. The first kappa shape index (κ1) is 25.4. The van der Waals surface area contributed by atoms with Gasteiger partial charge in [-0.15, -0.1) is 0 Å². The van der Waals surface area contributed by atoms with Gasteiger partial charge in [0, 0.05) is 55.9 Å². The third-order valence-corrected chi connectivity index (χ3v) is 6.92. The van der Waals surface area contributed by atoms with Crippen LogP contribution in [0.2, 0.25) is 0 Å². The second kappa shape index (κ2) is 11.4. The van der Waals surface area contributed by atoms with Gasteiger partial charge >= 0.3 is 11.6 Å². The van der Waals surface area contributed by atoms with Crippen molar-refractivity contribution in [2.75, 3.05) is 38.0 Å². The Morgan fingerprint density at radius 2 is 1.61 bits per heavy atom. The number of nitrogens with one attached hydrogen (secondary N) is 1. The third kappa shape index (κ3) is 5.66. The molecule has 0 unspecified atom stereocenters. The molecule has 38 heavy (non-hydrogen) atoms. The molecule has 1 aromatic heterocycles. The Bertz CT molecular complexity index is 1510.